The van der Waals surface area contributed by atoms with Crippen LogP contribution in [0, 0.1) is 5.41 Å². The number of carbonyl (C=O) groups excluding carboxylic acids is 1. The first-order chi connectivity index (χ1) is 9.17. The summed E-state index contributed by atoms with van der Waals surface area (Å²) < 4.78 is 0. The molecule has 1 spiro atoms. The summed E-state index contributed by atoms with van der Waals surface area (Å²) in [5.41, 5.74) is 0.996. The van der Waals surface area contributed by atoms with Crippen LogP contribution in [0.2, 0.25) is 0 Å². The predicted octanol–water partition coefficient (Wildman–Crippen LogP) is 1.74. The monoisotopic (exact) mass is 259 g/mol. The first kappa shape index (κ1) is 12.6. The predicted molar refractivity (Wildman–Crippen MR) is 73.5 cm³/mol. The Hall–Kier alpha value is -1.42. The minimum absolute atomic E-state index is 0.182. The Balaban J connectivity index is 1.98. The summed E-state index contributed by atoms with van der Waals surface area (Å²) in [5, 5.41) is 3.36. The molecular weight excluding hydrogens is 238 g/mol. The van der Waals surface area contributed by atoms with Crippen molar-refractivity contribution >= 4 is 5.91 Å². The number of aromatic nitrogens is 1. The molecule has 2 fully saturated rings. The molecule has 102 valence electrons. The Morgan fingerprint density at radius 2 is 2.16 bits per heavy atom. The SMILES string of the molecule is CC(C)N1C(=O)C2(CCNCC2)C1c1cccnc1. The number of β-lactam (4-membered cyclic amide) rings is 1. The normalized spacial score (nSPS) is 25.7. The molecule has 1 unspecified atom stereocenters. The van der Waals surface area contributed by atoms with E-state index in [0.29, 0.717) is 5.91 Å². The molecular formula is C15H21N3O. The van der Waals surface area contributed by atoms with Gasteiger partial charge in [-0.2, -0.15) is 0 Å². The van der Waals surface area contributed by atoms with E-state index in [1.165, 1.54) is 5.56 Å². The number of piperidine rings is 1. The van der Waals surface area contributed by atoms with Crippen LogP contribution in [0.4, 0.5) is 0 Å². The minimum atomic E-state index is -0.182. The Labute approximate surface area is 114 Å². The molecule has 2 aliphatic heterocycles. The van der Waals surface area contributed by atoms with Gasteiger partial charge in [-0.15, -0.1) is 0 Å². The van der Waals surface area contributed by atoms with E-state index in [2.05, 4.69) is 30.2 Å². The third-order valence-corrected chi connectivity index (χ3v) is 4.51. The molecule has 1 amide bonds. The number of hydrogen-bond acceptors (Lipinski definition) is 3. The van der Waals surface area contributed by atoms with Crippen molar-refractivity contribution < 1.29 is 4.79 Å². The Morgan fingerprint density at radius 3 is 2.74 bits per heavy atom. The highest BCUT2D eigenvalue weighted by atomic mass is 16.2. The molecule has 0 bridgehead atoms. The third-order valence-electron chi connectivity index (χ3n) is 4.51. The van der Waals surface area contributed by atoms with Crippen LogP contribution in [0.1, 0.15) is 38.3 Å². The van der Waals surface area contributed by atoms with Crippen molar-refractivity contribution in [2.75, 3.05) is 13.1 Å². The molecule has 0 aromatic carbocycles. The maximum atomic E-state index is 12.6. The molecule has 1 N–H and O–H groups in total. The number of amides is 1. The zero-order valence-corrected chi connectivity index (χ0v) is 11.6. The minimum Gasteiger partial charge on any atom is -0.332 e. The van der Waals surface area contributed by atoms with Gasteiger partial charge in [0.1, 0.15) is 0 Å². The molecule has 0 aliphatic carbocycles. The van der Waals surface area contributed by atoms with Gasteiger partial charge in [0, 0.05) is 18.4 Å². The number of rotatable bonds is 2. The Morgan fingerprint density at radius 1 is 1.42 bits per heavy atom. The summed E-state index contributed by atoms with van der Waals surface area (Å²) in [6.45, 7) is 6.06. The van der Waals surface area contributed by atoms with Crippen molar-refractivity contribution in [1.29, 1.82) is 0 Å². The fourth-order valence-corrected chi connectivity index (χ4v) is 3.60. The highest BCUT2D eigenvalue weighted by Crippen LogP contribution is 2.55. The van der Waals surface area contributed by atoms with Gasteiger partial charge in [-0.1, -0.05) is 6.07 Å². The lowest BCUT2D eigenvalue weighted by Gasteiger charge is -2.59. The number of likely N-dealkylation sites (tertiary alicyclic amines) is 1. The van der Waals surface area contributed by atoms with Crippen LogP contribution >= 0.6 is 0 Å². The second-order valence-electron chi connectivity index (χ2n) is 5.90. The summed E-state index contributed by atoms with van der Waals surface area (Å²) in [7, 11) is 0. The topological polar surface area (TPSA) is 45.2 Å². The molecule has 3 heterocycles. The molecule has 1 aromatic heterocycles. The van der Waals surface area contributed by atoms with E-state index < -0.39 is 0 Å². The lowest BCUT2D eigenvalue weighted by Crippen LogP contribution is -2.67. The molecule has 0 saturated carbocycles. The summed E-state index contributed by atoms with van der Waals surface area (Å²) >= 11 is 0. The average Bonchev–Trinajstić information content (AvgIpc) is 2.45. The molecule has 0 radical (unpaired) electrons. The highest BCUT2D eigenvalue weighted by molar-refractivity contribution is 5.91. The van der Waals surface area contributed by atoms with E-state index >= 15 is 0 Å². The lowest BCUT2D eigenvalue weighted by atomic mass is 9.62. The summed E-state index contributed by atoms with van der Waals surface area (Å²) in [6.07, 6.45) is 5.58. The van der Waals surface area contributed by atoms with Crippen molar-refractivity contribution in [3.63, 3.8) is 0 Å². The molecule has 4 nitrogen and oxygen atoms in total. The van der Waals surface area contributed by atoms with Gasteiger partial charge in [0.2, 0.25) is 5.91 Å². The van der Waals surface area contributed by atoms with E-state index in [0.717, 1.165) is 25.9 Å². The van der Waals surface area contributed by atoms with Crippen LogP contribution in [0.3, 0.4) is 0 Å². The standard InChI is InChI=1S/C15H21N3O/c1-11(2)18-13(12-4-3-7-17-10-12)15(14(18)19)5-8-16-9-6-15/h3-4,7,10-11,13,16H,5-6,8-9H2,1-2H3. The fourth-order valence-electron chi connectivity index (χ4n) is 3.60. The lowest BCUT2D eigenvalue weighted by molar-refractivity contribution is -0.182. The van der Waals surface area contributed by atoms with Gasteiger partial charge >= 0.3 is 0 Å². The molecule has 1 atom stereocenters. The van der Waals surface area contributed by atoms with Crippen molar-refractivity contribution in [2.24, 2.45) is 5.41 Å². The molecule has 3 rings (SSSR count). The van der Waals surface area contributed by atoms with E-state index in [-0.39, 0.29) is 17.5 Å². The van der Waals surface area contributed by atoms with Gasteiger partial charge in [-0.3, -0.25) is 9.78 Å². The van der Waals surface area contributed by atoms with Gasteiger partial charge in [0.25, 0.3) is 0 Å². The first-order valence-electron chi connectivity index (χ1n) is 7.10. The molecule has 4 heteroatoms. The van der Waals surface area contributed by atoms with Crippen LogP contribution in [0.25, 0.3) is 0 Å². The number of hydrogen-bond donors (Lipinski definition) is 1. The smallest absolute Gasteiger partial charge is 0.232 e. The second kappa shape index (κ2) is 4.60. The second-order valence-corrected chi connectivity index (χ2v) is 5.90. The quantitative estimate of drug-likeness (QED) is 0.823. The Bertz CT molecular complexity index is 466. The van der Waals surface area contributed by atoms with Gasteiger partial charge in [0.05, 0.1) is 11.5 Å². The van der Waals surface area contributed by atoms with E-state index in [4.69, 9.17) is 0 Å². The van der Waals surface area contributed by atoms with Crippen LogP contribution in [0.15, 0.2) is 24.5 Å². The summed E-state index contributed by atoms with van der Waals surface area (Å²) in [6, 6.07) is 4.52. The highest BCUT2D eigenvalue weighted by Gasteiger charge is 2.61. The van der Waals surface area contributed by atoms with Crippen molar-refractivity contribution in [2.45, 2.75) is 38.8 Å². The molecule has 2 saturated heterocycles. The maximum absolute atomic E-state index is 12.6. The van der Waals surface area contributed by atoms with Gasteiger partial charge in [-0.05, 0) is 51.4 Å². The molecule has 19 heavy (non-hydrogen) atoms. The zero-order valence-electron chi connectivity index (χ0n) is 11.6. The van der Waals surface area contributed by atoms with Crippen LogP contribution < -0.4 is 5.32 Å². The van der Waals surface area contributed by atoms with Crippen molar-refractivity contribution in [3.8, 4) is 0 Å². The first-order valence-corrected chi connectivity index (χ1v) is 7.10. The maximum Gasteiger partial charge on any atom is 0.232 e. The largest absolute Gasteiger partial charge is 0.332 e. The number of carbonyl (C=O) groups is 1. The van der Waals surface area contributed by atoms with Gasteiger partial charge < -0.3 is 10.2 Å². The third kappa shape index (κ3) is 1.77. The van der Waals surface area contributed by atoms with Crippen LogP contribution in [-0.4, -0.2) is 34.9 Å². The Kier molecular flexibility index (Phi) is 3.05. The fraction of sp³-hybridized carbons (Fsp3) is 0.600. The number of nitrogens with one attached hydrogen (secondary N) is 1. The van der Waals surface area contributed by atoms with E-state index in [1.807, 2.05) is 17.2 Å². The van der Waals surface area contributed by atoms with Crippen molar-refractivity contribution in [3.05, 3.63) is 30.1 Å². The van der Waals surface area contributed by atoms with Crippen LogP contribution in [-0.2, 0) is 4.79 Å². The average molecular weight is 259 g/mol. The van der Waals surface area contributed by atoms with Gasteiger partial charge in [-0.25, -0.2) is 0 Å². The van der Waals surface area contributed by atoms with Crippen LogP contribution in [0.5, 0.6) is 0 Å². The van der Waals surface area contributed by atoms with Crippen molar-refractivity contribution in [1.82, 2.24) is 15.2 Å². The summed E-state index contributed by atoms with van der Waals surface area (Å²) in [4.78, 5) is 18.9. The molecule has 1 aromatic rings. The molecule has 2 aliphatic rings. The van der Waals surface area contributed by atoms with E-state index in [9.17, 15) is 4.79 Å². The van der Waals surface area contributed by atoms with E-state index in [1.54, 1.807) is 6.20 Å². The zero-order chi connectivity index (χ0) is 13.5. The van der Waals surface area contributed by atoms with Gasteiger partial charge in [0.15, 0.2) is 0 Å². The number of pyridine rings is 1. The number of nitrogens with zero attached hydrogens (tertiary/aromatic N) is 2. The summed E-state index contributed by atoms with van der Waals surface area (Å²) in [5.74, 6) is 0.331.